The van der Waals surface area contributed by atoms with E-state index < -0.39 is 46.9 Å². The summed E-state index contributed by atoms with van der Waals surface area (Å²) in [6, 6.07) is 13.7. The summed E-state index contributed by atoms with van der Waals surface area (Å²) in [4.78, 5) is 14.0. The third kappa shape index (κ3) is 12.2. The van der Waals surface area contributed by atoms with Gasteiger partial charge in [-0.1, -0.05) is 36.4 Å². The van der Waals surface area contributed by atoms with E-state index in [1.54, 1.807) is 12.1 Å². The fourth-order valence-electron chi connectivity index (χ4n) is 3.67. The van der Waals surface area contributed by atoms with Gasteiger partial charge in [0.2, 0.25) is 5.91 Å². The average molecular weight is 765 g/mol. The summed E-state index contributed by atoms with van der Waals surface area (Å²) in [5, 5.41) is 2.84. The van der Waals surface area contributed by atoms with E-state index in [2.05, 4.69) is 14.4 Å². The Bertz CT molecular complexity index is 1720. The predicted octanol–water partition coefficient (Wildman–Crippen LogP) is 4.59. The normalized spacial score (nSPS) is 14.9. The number of carbonyl (C=O) groups excluding carboxylic acids is 1. The zero-order chi connectivity index (χ0) is 36.6. The van der Waals surface area contributed by atoms with Gasteiger partial charge in [0.05, 0.1) is 0 Å². The highest BCUT2D eigenvalue weighted by atomic mass is 32.3. The molecular formula is C25H25F9N2O9S3. The molecule has 1 aliphatic heterocycles. The third-order valence-electron chi connectivity index (χ3n) is 5.93. The molecule has 0 saturated heterocycles. The summed E-state index contributed by atoms with van der Waals surface area (Å²) in [7, 11) is -19.4. The molecule has 1 aliphatic rings. The Labute approximate surface area is 268 Å². The molecule has 1 heterocycles. The lowest BCUT2D eigenvalue weighted by atomic mass is 9.99. The molecule has 270 valence electrons. The van der Waals surface area contributed by atoms with E-state index in [1.807, 2.05) is 34.0 Å². The fraction of sp³-hybridized carbons (Fsp3) is 0.400. The van der Waals surface area contributed by atoms with Crippen LogP contribution in [0.3, 0.4) is 0 Å². The van der Waals surface area contributed by atoms with Gasteiger partial charge in [0.1, 0.15) is 5.75 Å². The van der Waals surface area contributed by atoms with Crippen LogP contribution in [-0.2, 0) is 51.7 Å². The first-order chi connectivity index (χ1) is 21.8. The summed E-state index contributed by atoms with van der Waals surface area (Å²) in [6.07, 6.45) is 5.56. The standard InChI is InChI=1S/C23H25F3N2O4S.C2F6O5S2/c24-23(25,26)33(30,31)32-21-10-9-19-12-15-28(17-20(19)16-21)14-5-4-13-27-22(29)11-8-18-6-2-1-3-7-18;3-1(4,5)14(9,10)13-15(11,12)2(6,7)8/h1-3,6-11,16H,4-5,12-15,17H2,(H,27,29);/b11-8+;. The third-order valence-corrected chi connectivity index (χ3v) is 9.48. The number of hydrogen-bond acceptors (Lipinski definition) is 10. The first-order valence-electron chi connectivity index (χ1n) is 13.0. The minimum Gasteiger partial charge on any atom is -0.376 e. The highest BCUT2D eigenvalue weighted by Crippen LogP contribution is 2.32. The second-order valence-electron chi connectivity index (χ2n) is 9.55. The second-order valence-corrected chi connectivity index (χ2v) is 14.4. The second kappa shape index (κ2) is 15.9. The van der Waals surface area contributed by atoms with Crippen LogP contribution in [0.15, 0.2) is 54.6 Å². The maximum Gasteiger partial charge on any atom is 0.534 e. The average Bonchev–Trinajstić information content (AvgIpc) is 2.94. The molecule has 0 fully saturated rings. The molecule has 11 nitrogen and oxygen atoms in total. The van der Waals surface area contributed by atoms with Gasteiger partial charge in [-0.3, -0.25) is 9.69 Å². The van der Waals surface area contributed by atoms with Crippen LogP contribution in [0.1, 0.15) is 29.5 Å². The lowest BCUT2D eigenvalue weighted by Crippen LogP contribution is -2.34. The largest absolute Gasteiger partial charge is 0.534 e. The summed E-state index contributed by atoms with van der Waals surface area (Å²) in [6.45, 7) is 2.57. The monoisotopic (exact) mass is 764 g/mol. The van der Waals surface area contributed by atoms with Crippen molar-refractivity contribution in [2.75, 3.05) is 19.6 Å². The van der Waals surface area contributed by atoms with Gasteiger partial charge in [-0.25, -0.2) is 0 Å². The zero-order valence-corrected chi connectivity index (χ0v) is 26.4. The van der Waals surface area contributed by atoms with E-state index in [-0.39, 0.29) is 11.7 Å². The van der Waals surface area contributed by atoms with Gasteiger partial charge in [-0.05, 0) is 60.7 Å². The lowest BCUT2D eigenvalue weighted by molar-refractivity contribution is -0.116. The number of fused-ring (bicyclic) bond motifs is 1. The first kappa shape index (κ1) is 40.8. The predicted molar refractivity (Wildman–Crippen MR) is 150 cm³/mol. The van der Waals surface area contributed by atoms with Crippen molar-refractivity contribution >= 4 is 42.3 Å². The van der Waals surface area contributed by atoms with E-state index in [9.17, 15) is 69.6 Å². The zero-order valence-electron chi connectivity index (χ0n) is 24.0. The van der Waals surface area contributed by atoms with Crippen molar-refractivity contribution in [3.63, 3.8) is 0 Å². The summed E-state index contributed by atoms with van der Waals surface area (Å²) >= 11 is 0. The smallest absolute Gasteiger partial charge is 0.376 e. The number of benzene rings is 2. The molecule has 0 aliphatic carbocycles. The van der Waals surface area contributed by atoms with Crippen LogP contribution < -0.4 is 9.50 Å². The number of halogens is 9. The van der Waals surface area contributed by atoms with Crippen molar-refractivity contribution in [1.82, 2.24) is 10.2 Å². The number of unbranched alkanes of at least 4 members (excludes halogenated alkanes) is 1. The Morgan fingerprint density at radius 1 is 0.771 bits per heavy atom. The maximum atomic E-state index is 12.5. The molecule has 0 saturated carbocycles. The van der Waals surface area contributed by atoms with Crippen LogP contribution in [0.25, 0.3) is 6.08 Å². The van der Waals surface area contributed by atoms with Crippen LogP contribution in [-0.4, -0.2) is 72.2 Å². The van der Waals surface area contributed by atoms with E-state index in [1.165, 1.54) is 18.2 Å². The van der Waals surface area contributed by atoms with Gasteiger partial charge >= 0.3 is 46.9 Å². The number of alkyl halides is 9. The SMILES string of the molecule is O=C(/C=C/c1ccccc1)NCCCCN1CCc2ccc(OS(=O)(=O)C(F)(F)F)cc2C1.O=S(=O)(OS(=O)(=O)C(F)(F)F)C(F)(F)F. The van der Waals surface area contributed by atoms with Gasteiger partial charge in [-0.15, -0.1) is 3.63 Å². The van der Waals surface area contributed by atoms with Gasteiger partial charge in [0.15, 0.2) is 0 Å². The topological polar surface area (TPSA) is 153 Å². The summed E-state index contributed by atoms with van der Waals surface area (Å²) in [5.41, 5.74) is -15.3. The van der Waals surface area contributed by atoms with Gasteiger partial charge < -0.3 is 9.50 Å². The van der Waals surface area contributed by atoms with Crippen LogP contribution in [0.2, 0.25) is 0 Å². The number of amides is 1. The number of rotatable bonds is 11. The Kier molecular flexibility index (Phi) is 13.5. The van der Waals surface area contributed by atoms with E-state index in [0.717, 1.165) is 42.6 Å². The molecule has 2 aromatic carbocycles. The van der Waals surface area contributed by atoms with Gasteiger partial charge in [0, 0.05) is 25.7 Å². The lowest BCUT2D eigenvalue weighted by Gasteiger charge is -2.29. The number of nitrogens with one attached hydrogen (secondary N) is 1. The molecule has 23 heteroatoms. The number of nitrogens with zero attached hydrogens (tertiary/aromatic N) is 1. The molecule has 0 bridgehead atoms. The Balaban J connectivity index is 0.000000450. The molecule has 2 aromatic rings. The molecule has 0 radical (unpaired) electrons. The Morgan fingerprint density at radius 2 is 1.33 bits per heavy atom. The van der Waals surface area contributed by atoms with Crippen LogP contribution >= 0.6 is 0 Å². The number of hydrogen-bond donors (Lipinski definition) is 1. The molecular weight excluding hydrogens is 739 g/mol. The van der Waals surface area contributed by atoms with Crippen LogP contribution in [0, 0.1) is 0 Å². The van der Waals surface area contributed by atoms with Crippen molar-refractivity contribution in [1.29, 1.82) is 0 Å². The first-order valence-corrected chi connectivity index (χ1v) is 17.3. The van der Waals surface area contributed by atoms with Gasteiger partial charge in [-0.2, -0.15) is 64.8 Å². The highest BCUT2D eigenvalue weighted by molar-refractivity contribution is 8.00. The van der Waals surface area contributed by atoms with Crippen LogP contribution in [0.5, 0.6) is 5.75 Å². The summed E-state index contributed by atoms with van der Waals surface area (Å²) < 4.78 is 174. The quantitative estimate of drug-likeness (QED) is 0.113. The van der Waals surface area contributed by atoms with Crippen molar-refractivity contribution in [3.8, 4) is 5.75 Å². The minimum absolute atomic E-state index is 0.160. The van der Waals surface area contributed by atoms with Crippen molar-refractivity contribution in [2.24, 2.45) is 0 Å². The molecule has 1 amide bonds. The molecule has 0 atom stereocenters. The van der Waals surface area contributed by atoms with Crippen LogP contribution in [0.4, 0.5) is 39.5 Å². The number of carbonyl (C=O) groups is 1. The molecule has 3 rings (SSSR count). The fourth-order valence-corrected chi connectivity index (χ4v) is 5.68. The van der Waals surface area contributed by atoms with Crippen molar-refractivity contribution in [2.45, 2.75) is 42.3 Å². The molecule has 0 aromatic heterocycles. The van der Waals surface area contributed by atoms with E-state index in [0.29, 0.717) is 19.5 Å². The molecule has 0 unspecified atom stereocenters. The maximum absolute atomic E-state index is 12.5. The molecule has 1 N–H and O–H groups in total. The van der Waals surface area contributed by atoms with E-state index >= 15 is 0 Å². The molecule has 0 spiro atoms. The highest BCUT2D eigenvalue weighted by Gasteiger charge is 2.57. The van der Waals surface area contributed by atoms with Crippen molar-refractivity contribution in [3.05, 3.63) is 71.3 Å². The van der Waals surface area contributed by atoms with Gasteiger partial charge in [0.25, 0.3) is 0 Å². The van der Waals surface area contributed by atoms with E-state index in [4.69, 9.17) is 0 Å². The van der Waals surface area contributed by atoms with Crippen molar-refractivity contribution < 1.29 is 77.4 Å². The molecule has 48 heavy (non-hydrogen) atoms. The Morgan fingerprint density at radius 3 is 1.88 bits per heavy atom. The minimum atomic E-state index is -6.85. The summed E-state index contributed by atoms with van der Waals surface area (Å²) in [5.74, 6) is -0.508. The Hall–Kier alpha value is -3.41.